The number of hydrogen-bond donors (Lipinski definition) is 0. The summed E-state index contributed by atoms with van der Waals surface area (Å²) in [7, 11) is -3.30. The topological polar surface area (TPSA) is 74.1 Å². The van der Waals surface area contributed by atoms with E-state index >= 15 is 0 Å². The average molecular weight is 267 g/mol. The highest BCUT2D eigenvalue weighted by molar-refractivity contribution is 7.89. The second kappa shape index (κ2) is 7.09. The van der Waals surface area contributed by atoms with Gasteiger partial charge in [0, 0.05) is 19.2 Å². The molecule has 5 nitrogen and oxygen atoms in total. The zero-order chi connectivity index (χ0) is 13.4. The Morgan fingerprint density at radius 1 is 1.44 bits per heavy atom. The van der Waals surface area contributed by atoms with Crippen LogP contribution in [0.15, 0.2) is 24.4 Å². The van der Waals surface area contributed by atoms with Crippen LogP contribution in [0, 0.1) is 11.3 Å². The molecule has 0 aliphatic carbocycles. The van der Waals surface area contributed by atoms with Crippen molar-refractivity contribution < 1.29 is 8.42 Å². The maximum absolute atomic E-state index is 12.0. The number of pyridine rings is 1. The van der Waals surface area contributed by atoms with Gasteiger partial charge in [-0.3, -0.25) is 4.98 Å². The normalized spacial score (nSPS) is 11.4. The lowest BCUT2D eigenvalue weighted by atomic mass is 10.3. The SMILES string of the molecule is CCCS(=O)(=O)N(CCC#N)Cc1ccccn1. The van der Waals surface area contributed by atoms with Gasteiger partial charge in [0.2, 0.25) is 10.0 Å². The minimum Gasteiger partial charge on any atom is -0.260 e. The Morgan fingerprint density at radius 2 is 2.22 bits per heavy atom. The quantitative estimate of drug-likeness (QED) is 0.751. The first-order valence-electron chi connectivity index (χ1n) is 5.85. The van der Waals surface area contributed by atoms with Crippen LogP contribution in [-0.4, -0.2) is 30.0 Å². The first-order chi connectivity index (χ1) is 8.60. The van der Waals surface area contributed by atoms with Crippen molar-refractivity contribution in [3.63, 3.8) is 0 Å². The zero-order valence-electron chi connectivity index (χ0n) is 10.4. The Balaban J connectivity index is 2.83. The summed E-state index contributed by atoms with van der Waals surface area (Å²) in [5.74, 6) is 0.102. The third-order valence-corrected chi connectivity index (χ3v) is 4.42. The lowest BCUT2D eigenvalue weighted by Crippen LogP contribution is -2.33. The van der Waals surface area contributed by atoms with Gasteiger partial charge in [0.1, 0.15) is 0 Å². The molecule has 1 heterocycles. The van der Waals surface area contributed by atoms with E-state index in [4.69, 9.17) is 5.26 Å². The molecular formula is C12H17N3O2S. The summed E-state index contributed by atoms with van der Waals surface area (Å²) in [5.41, 5.74) is 0.690. The predicted molar refractivity (Wildman–Crippen MR) is 69.0 cm³/mol. The summed E-state index contributed by atoms with van der Waals surface area (Å²) in [5, 5.41) is 8.59. The van der Waals surface area contributed by atoms with E-state index in [1.54, 1.807) is 18.3 Å². The van der Waals surface area contributed by atoms with Gasteiger partial charge < -0.3 is 0 Å². The van der Waals surface area contributed by atoms with Crippen LogP contribution in [0.25, 0.3) is 0 Å². The lowest BCUT2D eigenvalue weighted by Gasteiger charge is -2.20. The van der Waals surface area contributed by atoms with E-state index < -0.39 is 10.0 Å². The van der Waals surface area contributed by atoms with Gasteiger partial charge >= 0.3 is 0 Å². The van der Waals surface area contributed by atoms with E-state index in [-0.39, 0.29) is 25.3 Å². The standard InChI is InChI=1S/C12H17N3O2S/c1-2-10-18(16,17)15(9-5-7-13)11-12-6-3-4-8-14-12/h3-4,6,8H,2,5,9-11H2,1H3. The van der Waals surface area contributed by atoms with Crippen molar-refractivity contribution in [2.75, 3.05) is 12.3 Å². The first kappa shape index (κ1) is 14.6. The number of nitrogens with zero attached hydrogens (tertiary/aromatic N) is 3. The second-order valence-electron chi connectivity index (χ2n) is 3.88. The summed E-state index contributed by atoms with van der Waals surface area (Å²) in [6.07, 6.45) is 2.38. The molecule has 0 spiro atoms. The molecule has 1 rings (SSSR count). The third-order valence-electron chi connectivity index (χ3n) is 2.39. The van der Waals surface area contributed by atoms with Crippen molar-refractivity contribution in [1.82, 2.24) is 9.29 Å². The molecule has 1 aromatic rings. The molecule has 0 aliphatic rings. The molecule has 0 aromatic carbocycles. The molecule has 6 heteroatoms. The van der Waals surface area contributed by atoms with Crippen LogP contribution in [0.5, 0.6) is 0 Å². The molecule has 0 fully saturated rings. The first-order valence-corrected chi connectivity index (χ1v) is 7.45. The van der Waals surface area contributed by atoms with Gasteiger partial charge in [-0.05, 0) is 18.6 Å². The molecule has 0 saturated heterocycles. The summed E-state index contributed by atoms with van der Waals surface area (Å²) in [6, 6.07) is 7.35. The maximum Gasteiger partial charge on any atom is 0.214 e. The fourth-order valence-corrected chi connectivity index (χ4v) is 3.02. The van der Waals surface area contributed by atoms with Crippen LogP contribution in [0.4, 0.5) is 0 Å². The molecule has 0 atom stereocenters. The van der Waals surface area contributed by atoms with Gasteiger partial charge in [-0.1, -0.05) is 13.0 Å². The molecule has 98 valence electrons. The van der Waals surface area contributed by atoms with Gasteiger partial charge in [-0.25, -0.2) is 8.42 Å². The summed E-state index contributed by atoms with van der Waals surface area (Å²) in [6.45, 7) is 2.26. The minimum atomic E-state index is -3.30. The van der Waals surface area contributed by atoms with E-state index in [1.807, 2.05) is 19.1 Å². The van der Waals surface area contributed by atoms with Crippen LogP contribution in [0.3, 0.4) is 0 Å². The third kappa shape index (κ3) is 4.43. The van der Waals surface area contributed by atoms with Crippen molar-refractivity contribution in [3.05, 3.63) is 30.1 Å². The Kier molecular flexibility index (Phi) is 5.75. The molecule has 0 unspecified atom stereocenters. The maximum atomic E-state index is 12.0. The fourth-order valence-electron chi connectivity index (χ4n) is 1.55. The highest BCUT2D eigenvalue weighted by atomic mass is 32.2. The number of aromatic nitrogens is 1. The van der Waals surface area contributed by atoms with Gasteiger partial charge in [0.15, 0.2) is 0 Å². The van der Waals surface area contributed by atoms with Gasteiger partial charge in [-0.2, -0.15) is 9.57 Å². The van der Waals surface area contributed by atoms with Crippen LogP contribution in [-0.2, 0) is 16.6 Å². The van der Waals surface area contributed by atoms with Crippen LogP contribution in [0.1, 0.15) is 25.5 Å². The molecule has 0 radical (unpaired) electrons. The van der Waals surface area contributed by atoms with Crippen molar-refractivity contribution >= 4 is 10.0 Å². The Morgan fingerprint density at radius 3 is 2.78 bits per heavy atom. The Hall–Kier alpha value is -1.45. The molecular weight excluding hydrogens is 250 g/mol. The number of sulfonamides is 1. The van der Waals surface area contributed by atoms with Gasteiger partial charge in [0.25, 0.3) is 0 Å². The molecule has 0 saturated carbocycles. The Labute approximate surface area is 108 Å². The van der Waals surface area contributed by atoms with E-state index in [0.29, 0.717) is 12.1 Å². The second-order valence-corrected chi connectivity index (χ2v) is 5.97. The van der Waals surface area contributed by atoms with E-state index in [2.05, 4.69) is 4.98 Å². The van der Waals surface area contributed by atoms with E-state index in [9.17, 15) is 8.42 Å². The predicted octanol–water partition coefficient (Wildman–Crippen LogP) is 1.54. The minimum absolute atomic E-state index is 0.102. The molecule has 1 aromatic heterocycles. The molecule has 0 aliphatic heterocycles. The monoisotopic (exact) mass is 267 g/mol. The molecule has 0 bridgehead atoms. The van der Waals surface area contributed by atoms with Crippen LogP contribution >= 0.6 is 0 Å². The number of rotatable bonds is 7. The van der Waals surface area contributed by atoms with Crippen LogP contribution < -0.4 is 0 Å². The summed E-state index contributed by atoms with van der Waals surface area (Å²) >= 11 is 0. The van der Waals surface area contributed by atoms with Crippen LogP contribution in [0.2, 0.25) is 0 Å². The summed E-state index contributed by atoms with van der Waals surface area (Å²) in [4.78, 5) is 4.11. The lowest BCUT2D eigenvalue weighted by molar-refractivity contribution is 0.408. The zero-order valence-corrected chi connectivity index (χ0v) is 11.2. The fraction of sp³-hybridized carbons (Fsp3) is 0.500. The van der Waals surface area contributed by atoms with Crippen molar-refractivity contribution in [3.8, 4) is 6.07 Å². The largest absolute Gasteiger partial charge is 0.260 e. The highest BCUT2D eigenvalue weighted by Crippen LogP contribution is 2.09. The molecule has 0 amide bonds. The number of nitriles is 1. The van der Waals surface area contributed by atoms with Gasteiger partial charge in [0.05, 0.1) is 24.1 Å². The molecule has 0 N–H and O–H groups in total. The highest BCUT2D eigenvalue weighted by Gasteiger charge is 2.21. The van der Waals surface area contributed by atoms with Gasteiger partial charge in [-0.15, -0.1) is 0 Å². The Bertz CT molecular complexity index is 494. The smallest absolute Gasteiger partial charge is 0.214 e. The van der Waals surface area contributed by atoms with Crippen molar-refractivity contribution in [2.24, 2.45) is 0 Å². The van der Waals surface area contributed by atoms with E-state index in [0.717, 1.165) is 0 Å². The van der Waals surface area contributed by atoms with E-state index in [1.165, 1.54) is 4.31 Å². The molecule has 18 heavy (non-hydrogen) atoms. The summed E-state index contributed by atoms with van der Waals surface area (Å²) < 4.78 is 25.4. The van der Waals surface area contributed by atoms with Crippen molar-refractivity contribution in [1.29, 1.82) is 5.26 Å². The number of hydrogen-bond acceptors (Lipinski definition) is 4. The van der Waals surface area contributed by atoms with Crippen molar-refractivity contribution in [2.45, 2.75) is 26.3 Å². The average Bonchev–Trinajstić information content (AvgIpc) is 2.35.